The Hall–Kier alpha value is -0.600. The Morgan fingerprint density at radius 2 is 2.06 bits per heavy atom. The van der Waals surface area contributed by atoms with E-state index in [1.165, 1.54) is 31.7 Å². The summed E-state index contributed by atoms with van der Waals surface area (Å²) in [5.41, 5.74) is 6.64. The van der Waals surface area contributed by atoms with Crippen molar-refractivity contribution < 1.29 is 4.39 Å². The first-order chi connectivity index (χ1) is 7.66. The van der Waals surface area contributed by atoms with Crippen LogP contribution in [-0.2, 0) is 0 Å². The number of rotatable bonds is 3. The zero-order valence-corrected chi connectivity index (χ0v) is 10.0. The summed E-state index contributed by atoms with van der Waals surface area (Å²) < 4.78 is 13.6. The third-order valence-electron chi connectivity index (χ3n) is 3.42. The second-order valence-electron chi connectivity index (χ2n) is 4.66. The molecule has 3 heteroatoms. The zero-order valence-electron chi connectivity index (χ0n) is 9.26. The number of halogens is 2. The van der Waals surface area contributed by atoms with Crippen LogP contribution in [0, 0.1) is 11.7 Å². The standard InChI is InChI=1S/C13H17ClFN/c14-10-5-6-11(12(15)8-10)13(16)7-9-3-1-2-4-9/h5-6,8-9,13H,1-4,7,16H2. The van der Waals surface area contributed by atoms with Gasteiger partial charge in [-0.05, 0) is 24.5 Å². The van der Waals surface area contributed by atoms with Crippen molar-refractivity contribution in [1.29, 1.82) is 0 Å². The highest BCUT2D eigenvalue weighted by Crippen LogP contribution is 2.32. The molecule has 0 spiro atoms. The maximum Gasteiger partial charge on any atom is 0.129 e. The molecule has 2 rings (SSSR count). The Kier molecular flexibility index (Phi) is 3.82. The molecule has 0 bridgehead atoms. The van der Waals surface area contributed by atoms with Crippen molar-refractivity contribution in [3.05, 3.63) is 34.6 Å². The Bertz CT molecular complexity index is 361. The highest BCUT2D eigenvalue weighted by Gasteiger charge is 2.20. The molecule has 0 aliphatic heterocycles. The van der Waals surface area contributed by atoms with Crippen molar-refractivity contribution in [2.45, 2.75) is 38.1 Å². The van der Waals surface area contributed by atoms with Gasteiger partial charge in [0.05, 0.1) is 0 Å². The summed E-state index contributed by atoms with van der Waals surface area (Å²) in [7, 11) is 0. The smallest absolute Gasteiger partial charge is 0.129 e. The van der Waals surface area contributed by atoms with Crippen LogP contribution in [0.25, 0.3) is 0 Å². The van der Waals surface area contributed by atoms with Gasteiger partial charge in [0.25, 0.3) is 0 Å². The summed E-state index contributed by atoms with van der Waals surface area (Å²) in [6, 6.07) is 4.55. The summed E-state index contributed by atoms with van der Waals surface area (Å²) in [6.45, 7) is 0. The molecule has 88 valence electrons. The van der Waals surface area contributed by atoms with Crippen LogP contribution < -0.4 is 5.73 Å². The molecular weight excluding hydrogens is 225 g/mol. The van der Waals surface area contributed by atoms with E-state index in [1.807, 2.05) is 0 Å². The average molecular weight is 242 g/mol. The summed E-state index contributed by atoms with van der Waals surface area (Å²) >= 11 is 5.71. The van der Waals surface area contributed by atoms with E-state index in [2.05, 4.69) is 0 Å². The predicted molar refractivity (Wildman–Crippen MR) is 64.9 cm³/mol. The van der Waals surface area contributed by atoms with Crippen LogP contribution in [0.1, 0.15) is 43.7 Å². The zero-order chi connectivity index (χ0) is 11.5. The third kappa shape index (κ3) is 2.74. The Labute approximate surface area is 101 Å². The summed E-state index contributed by atoms with van der Waals surface area (Å²) in [5, 5.41) is 0.425. The van der Waals surface area contributed by atoms with Crippen molar-refractivity contribution in [2.24, 2.45) is 11.7 Å². The molecule has 0 heterocycles. The highest BCUT2D eigenvalue weighted by atomic mass is 35.5. The molecule has 0 saturated heterocycles. The lowest BCUT2D eigenvalue weighted by molar-refractivity contribution is 0.440. The normalized spacial score (nSPS) is 18.9. The van der Waals surface area contributed by atoms with Crippen LogP contribution in [0.4, 0.5) is 4.39 Å². The lowest BCUT2D eigenvalue weighted by atomic mass is 9.94. The van der Waals surface area contributed by atoms with Gasteiger partial charge in [-0.3, -0.25) is 0 Å². The van der Waals surface area contributed by atoms with E-state index in [0.29, 0.717) is 16.5 Å². The number of hydrogen-bond donors (Lipinski definition) is 1. The third-order valence-corrected chi connectivity index (χ3v) is 3.66. The molecule has 1 nitrogen and oxygen atoms in total. The van der Waals surface area contributed by atoms with Gasteiger partial charge in [0.15, 0.2) is 0 Å². The van der Waals surface area contributed by atoms with Crippen molar-refractivity contribution >= 4 is 11.6 Å². The van der Waals surface area contributed by atoms with Gasteiger partial charge in [-0.15, -0.1) is 0 Å². The molecule has 1 saturated carbocycles. The lowest BCUT2D eigenvalue weighted by Crippen LogP contribution is -2.15. The van der Waals surface area contributed by atoms with E-state index < -0.39 is 0 Å². The average Bonchev–Trinajstić information content (AvgIpc) is 2.70. The van der Waals surface area contributed by atoms with Gasteiger partial charge in [-0.1, -0.05) is 43.4 Å². The predicted octanol–water partition coefficient (Wildman–Crippen LogP) is 4.06. The largest absolute Gasteiger partial charge is 0.324 e. The molecule has 1 aliphatic carbocycles. The van der Waals surface area contributed by atoms with Gasteiger partial charge >= 0.3 is 0 Å². The maximum atomic E-state index is 13.6. The van der Waals surface area contributed by atoms with Gasteiger partial charge in [-0.25, -0.2) is 4.39 Å². The quantitative estimate of drug-likeness (QED) is 0.849. The molecule has 1 aromatic rings. The topological polar surface area (TPSA) is 26.0 Å². The summed E-state index contributed by atoms with van der Waals surface area (Å²) in [5.74, 6) is 0.392. The second-order valence-corrected chi connectivity index (χ2v) is 5.09. The molecule has 1 aliphatic rings. The van der Waals surface area contributed by atoms with E-state index in [-0.39, 0.29) is 11.9 Å². The van der Waals surface area contributed by atoms with E-state index >= 15 is 0 Å². The van der Waals surface area contributed by atoms with E-state index in [9.17, 15) is 4.39 Å². The molecule has 1 atom stereocenters. The van der Waals surface area contributed by atoms with Crippen molar-refractivity contribution in [3.8, 4) is 0 Å². The van der Waals surface area contributed by atoms with E-state index in [0.717, 1.165) is 6.42 Å². The minimum absolute atomic E-state index is 0.194. The van der Waals surface area contributed by atoms with Gasteiger partial charge in [-0.2, -0.15) is 0 Å². The molecule has 0 radical (unpaired) electrons. The molecule has 2 N–H and O–H groups in total. The molecule has 1 fully saturated rings. The summed E-state index contributed by atoms with van der Waals surface area (Å²) in [4.78, 5) is 0. The number of nitrogens with two attached hydrogens (primary N) is 1. The fourth-order valence-corrected chi connectivity index (χ4v) is 2.69. The molecule has 0 aromatic heterocycles. The van der Waals surface area contributed by atoms with Crippen LogP contribution in [0.3, 0.4) is 0 Å². The first-order valence-electron chi connectivity index (χ1n) is 5.87. The lowest BCUT2D eigenvalue weighted by Gasteiger charge is -2.17. The molecule has 1 unspecified atom stereocenters. The number of benzene rings is 1. The van der Waals surface area contributed by atoms with Crippen molar-refractivity contribution in [3.63, 3.8) is 0 Å². The Morgan fingerprint density at radius 1 is 1.38 bits per heavy atom. The Balaban J connectivity index is 2.04. The first kappa shape index (κ1) is 11.9. The monoisotopic (exact) mass is 241 g/mol. The van der Waals surface area contributed by atoms with Gasteiger partial charge in [0.1, 0.15) is 5.82 Å². The minimum Gasteiger partial charge on any atom is -0.324 e. The minimum atomic E-state index is -0.280. The van der Waals surface area contributed by atoms with E-state index in [4.69, 9.17) is 17.3 Å². The van der Waals surface area contributed by atoms with E-state index in [1.54, 1.807) is 12.1 Å². The fourth-order valence-electron chi connectivity index (χ4n) is 2.53. The van der Waals surface area contributed by atoms with Crippen LogP contribution >= 0.6 is 11.6 Å². The Morgan fingerprint density at radius 3 is 2.69 bits per heavy atom. The SMILES string of the molecule is NC(CC1CCCC1)c1ccc(Cl)cc1F. The van der Waals surface area contributed by atoms with Crippen LogP contribution in [0.15, 0.2) is 18.2 Å². The van der Waals surface area contributed by atoms with Crippen LogP contribution in [0.2, 0.25) is 5.02 Å². The molecule has 1 aromatic carbocycles. The maximum absolute atomic E-state index is 13.6. The van der Waals surface area contributed by atoms with Crippen molar-refractivity contribution in [1.82, 2.24) is 0 Å². The van der Waals surface area contributed by atoms with Gasteiger partial charge in [0, 0.05) is 16.6 Å². The molecule has 16 heavy (non-hydrogen) atoms. The highest BCUT2D eigenvalue weighted by molar-refractivity contribution is 6.30. The second kappa shape index (κ2) is 5.15. The van der Waals surface area contributed by atoms with Crippen molar-refractivity contribution in [2.75, 3.05) is 0 Å². The van der Waals surface area contributed by atoms with Crippen LogP contribution in [0.5, 0.6) is 0 Å². The first-order valence-corrected chi connectivity index (χ1v) is 6.25. The van der Waals surface area contributed by atoms with Gasteiger partial charge in [0.2, 0.25) is 0 Å². The molecule has 0 amide bonds. The molecular formula is C13H17ClFN. The number of hydrogen-bond acceptors (Lipinski definition) is 1. The summed E-state index contributed by atoms with van der Waals surface area (Å²) in [6.07, 6.45) is 5.95. The fraction of sp³-hybridized carbons (Fsp3) is 0.538. The van der Waals surface area contributed by atoms with Gasteiger partial charge < -0.3 is 5.73 Å². The van der Waals surface area contributed by atoms with Crippen LogP contribution in [-0.4, -0.2) is 0 Å².